The molecule has 0 aliphatic heterocycles. The zero-order valence-corrected chi connectivity index (χ0v) is 15.4. The van der Waals surface area contributed by atoms with Gasteiger partial charge in [0.2, 0.25) is 0 Å². The fourth-order valence-corrected chi connectivity index (χ4v) is 2.63. The second-order valence-electron chi connectivity index (χ2n) is 6.25. The van der Waals surface area contributed by atoms with E-state index in [1.165, 1.54) is 7.11 Å². The highest BCUT2D eigenvalue weighted by Crippen LogP contribution is 2.22. The van der Waals surface area contributed by atoms with Crippen LogP contribution in [0.25, 0.3) is 6.08 Å². The van der Waals surface area contributed by atoms with Crippen LogP contribution in [0.4, 0.5) is 0 Å². The number of carbonyl (C=O) groups is 1. The number of pyridine rings is 1. The summed E-state index contributed by atoms with van der Waals surface area (Å²) >= 11 is 0. The van der Waals surface area contributed by atoms with Crippen molar-refractivity contribution in [3.63, 3.8) is 0 Å². The molecule has 0 radical (unpaired) electrons. The molecule has 1 rings (SSSR count). The average Bonchev–Trinajstić information content (AvgIpc) is 2.62. The summed E-state index contributed by atoms with van der Waals surface area (Å²) < 4.78 is 4.60. The zero-order valence-electron chi connectivity index (χ0n) is 15.4. The summed E-state index contributed by atoms with van der Waals surface area (Å²) in [6.45, 7) is 2.15. The smallest absolute Gasteiger partial charge is 0.305 e. The molecule has 0 amide bonds. The lowest BCUT2D eigenvalue weighted by atomic mass is 10.0. The first-order valence-electron chi connectivity index (χ1n) is 9.12. The lowest BCUT2D eigenvalue weighted by molar-refractivity contribution is -0.140. The van der Waals surface area contributed by atoms with Crippen molar-refractivity contribution in [2.45, 2.75) is 70.5 Å². The van der Waals surface area contributed by atoms with E-state index in [1.807, 2.05) is 24.3 Å². The highest BCUT2D eigenvalue weighted by atomic mass is 16.5. The number of methoxy groups -OCH3 is 1. The van der Waals surface area contributed by atoms with Crippen molar-refractivity contribution in [3.8, 4) is 0 Å². The Labute approximate surface area is 150 Å². The van der Waals surface area contributed by atoms with Gasteiger partial charge in [-0.3, -0.25) is 9.78 Å². The number of carbonyl (C=O) groups excluding carboxylic acids is 1. The normalized spacial score (nSPS) is 13.8. The summed E-state index contributed by atoms with van der Waals surface area (Å²) in [4.78, 5) is 15.4. The van der Waals surface area contributed by atoms with Crippen molar-refractivity contribution in [2.24, 2.45) is 0 Å². The summed E-state index contributed by atoms with van der Waals surface area (Å²) in [5.74, 6) is -0.273. The van der Waals surface area contributed by atoms with E-state index in [2.05, 4.69) is 16.6 Å². The first kappa shape index (κ1) is 21.3. The Kier molecular flexibility index (Phi) is 10.8. The Bertz CT molecular complexity index is 530. The predicted molar refractivity (Wildman–Crippen MR) is 98.9 cm³/mol. The molecule has 0 aromatic carbocycles. The van der Waals surface area contributed by atoms with Crippen molar-refractivity contribution in [1.82, 2.24) is 4.98 Å². The molecule has 1 heterocycles. The highest BCUT2D eigenvalue weighted by Gasteiger charge is 2.13. The molecule has 1 aromatic heterocycles. The van der Waals surface area contributed by atoms with Crippen LogP contribution in [0.15, 0.2) is 24.4 Å². The van der Waals surface area contributed by atoms with Gasteiger partial charge in [0.15, 0.2) is 0 Å². The van der Waals surface area contributed by atoms with Crippen molar-refractivity contribution < 1.29 is 19.7 Å². The van der Waals surface area contributed by atoms with Gasteiger partial charge in [0.25, 0.3) is 0 Å². The second kappa shape index (κ2) is 12.6. The van der Waals surface area contributed by atoms with E-state index in [4.69, 9.17) is 0 Å². The molecule has 0 aliphatic carbocycles. The van der Waals surface area contributed by atoms with Crippen LogP contribution in [0.3, 0.4) is 0 Å². The molecule has 0 spiro atoms. The van der Waals surface area contributed by atoms with Gasteiger partial charge in [-0.05, 0) is 37.3 Å². The second-order valence-corrected chi connectivity index (χ2v) is 6.25. The Morgan fingerprint density at radius 2 is 2.08 bits per heavy atom. The van der Waals surface area contributed by atoms with Gasteiger partial charge in [0.1, 0.15) is 0 Å². The predicted octanol–water partition coefficient (Wildman–Crippen LogP) is 3.80. The van der Waals surface area contributed by atoms with Crippen molar-refractivity contribution in [3.05, 3.63) is 35.7 Å². The summed E-state index contributed by atoms with van der Waals surface area (Å²) in [5.41, 5.74) is 1.44. The monoisotopic (exact) mass is 349 g/mol. The maximum atomic E-state index is 11.1. The van der Waals surface area contributed by atoms with Crippen molar-refractivity contribution in [1.29, 1.82) is 0 Å². The van der Waals surface area contributed by atoms with Crippen LogP contribution in [0.2, 0.25) is 0 Å². The van der Waals surface area contributed by atoms with Gasteiger partial charge >= 0.3 is 5.97 Å². The molecule has 0 fully saturated rings. The highest BCUT2D eigenvalue weighted by molar-refractivity contribution is 5.69. The van der Waals surface area contributed by atoms with E-state index < -0.39 is 6.10 Å². The van der Waals surface area contributed by atoms with Gasteiger partial charge in [0, 0.05) is 12.6 Å². The summed E-state index contributed by atoms with van der Waals surface area (Å²) in [6.07, 6.45) is 10.5. The molecule has 0 saturated heterocycles. The third-order valence-corrected chi connectivity index (χ3v) is 4.12. The van der Waals surface area contributed by atoms with Gasteiger partial charge in [-0.2, -0.15) is 0 Å². The van der Waals surface area contributed by atoms with Crippen LogP contribution in [-0.2, 0) is 9.53 Å². The van der Waals surface area contributed by atoms with E-state index >= 15 is 0 Å². The number of aliphatic hydroxyl groups is 2. The van der Waals surface area contributed by atoms with Gasteiger partial charge in [-0.15, -0.1) is 0 Å². The molecule has 0 aliphatic rings. The number of nitrogens with zero attached hydrogens (tertiary/aromatic N) is 1. The lowest BCUT2D eigenvalue weighted by Gasteiger charge is -2.12. The van der Waals surface area contributed by atoms with E-state index in [0.29, 0.717) is 25.0 Å². The van der Waals surface area contributed by atoms with E-state index in [-0.39, 0.29) is 18.5 Å². The van der Waals surface area contributed by atoms with Crippen LogP contribution in [0.5, 0.6) is 0 Å². The Morgan fingerprint density at radius 1 is 1.28 bits per heavy atom. The Balaban J connectivity index is 2.54. The largest absolute Gasteiger partial charge is 0.469 e. The SMILES string of the molecule is CCCCCC(O)C/C=C/c1cccnc1C(O)CCCC(=O)OC. The van der Waals surface area contributed by atoms with Crippen LogP contribution in [-0.4, -0.2) is 34.4 Å². The van der Waals surface area contributed by atoms with Gasteiger partial charge in [-0.1, -0.05) is 44.4 Å². The molecule has 140 valence electrons. The van der Waals surface area contributed by atoms with Crippen molar-refractivity contribution in [2.75, 3.05) is 7.11 Å². The number of aromatic nitrogens is 1. The molecule has 2 N–H and O–H groups in total. The van der Waals surface area contributed by atoms with Gasteiger partial charge in [-0.25, -0.2) is 0 Å². The lowest BCUT2D eigenvalue weighted by Crippen LogP contribution is -2.06. The molecular weight excluding hydrogens is 318 g/mol. The minimum absolute atomic E-state index is 0.273. The number of ether oxygens (including phenoxy) is 1. The fraction of sp³-hybridized carbons (Fsp3) is 0.600. The van der Waals surface area contributed by atoms with Crippen LogP contribution < -0.4 is 0 Å². The first-order valence-corrected chi connectivity index (χ1v) is 9.12. The molecule has 0 saturated carbocycles. The maximum absolute atomic E-state index is 11.1. The maximum Gasteiger partial charge on any atom is 0.305 e. The van der Waals surface area contributed by atoms with Gasteiger partial charge < -0.3 is 14.9 Å². The number of hydrogen-bond acceptors (Lipinski definition) is 5. The fourth-order valence-electron chi connectivity index (χ4n) is 2.63. The minimum Gasteiger partial charge on any atom is -0.469 e. The standard InChI is InChI=1S/C20H31NO4/c1-3-4-5-11-17(22)12-6-9-16-10-8-15-21-20(16)18(23)13-7-14-19(24)25-2/h6,8-10,15,17-18,22-23H,3-5,7,11-14H2,1-2H3/b9-6+. The molecule has 5 heteroatoms. The third-order valence-electron chi connectivity index (χ3n) is 4.12. The summed E-state index contributed by atoms with van der Waals surface area (Å²) in [5, 5.41) is 20.3. The number of esters is 1. The molecule has 0 bridgehead atoms. The molecule has 2 unspecified atom stereocenters. The molecule has 5 nitrogen and oxygen atoms in total. The first-order chi connectivity index (χ1) is 12.1. The van der Waals surface area contributed by atoms with E-state index in [1.54, 1.807) is 6.20 Å². The summed E-state index contributed by atoms with van der Waals surface area (Å²) in [6, 6.07) is 3.72. The van der Waals surface area contributed by atoms with Crippen LogP contribution in [0, 0.1) is 0 Å². The van der Waals surface area contributed by atoms with Crippen LogP contribution >= 0.6 is 0 Å². The minimum atomic E-state index is -0.722. The molecular formula is C20H31NO4. The Morgan fingerprint density at radius 3 is 2.80 bits per heavy atom. The third kappa shape index (κ3) is 8.79. The zero-order chi connectivity index (χ0) is 18.5. The number of rotatable bonds is 12. The topological polar surface area (TPSA) is 79.7 Å². The van der Waals surface area contributed by atoms with Crippen LogP contribution in [0.1, 0.15) is 75.7 Å². The van der Waals surface area contributed by atoms with E-state index in [0.717, 1.165) is 31.2 Å². The van der Waals surface area contributed by atoms with Crippen molar-refractivity contribution >= 4 is 12.0 Å². The number of hydrogen-bond donors (Lipinski definition) is 2. The molecule has 2 atom stereocenters. The average molecular weight is 349 g/mol. The quantitative estimate of drug-likeness (QED) is 0.443. The number of unbranched alkanes of at least 4 members (excludes halogenated alkanes) is 2. The van der Waals surface area contributed by atoms with E-state index in [9.17, 15) is 15.0 Å². The molecule has 25 heavy (non-hydrogen) atoms. The molecule has 1 aromatic rings. The number of aliphatic hydroxyl groups excluding tert-OH is 2. The Hall–Kier alpha value is -1.72. The summed E-state index contributed by atoms with van der Waals surface area (Å²) in [7, 11) is 1.36. The van der Waals surface area contributed by atoms with Gasteiger partial charge in [0.05, 0.1) is 25.0 Å².